The summed E-state index contributed by atoms with van der Waals surface area (Å²) in [5.41, 5.74) is 0.531. The van der Waals surface area contributed by atoms with E-state index in [1.807, 2.05) is 0 Å². The number of para-hydroxylation sites is 2. The van der Waals surface area contributed by atoms with Crippen LogP contribution in [0.1, 0.15) is 32.6 Å². The highest BCUT2D eigenvalue weighted by molar-refractivity contribution is 6.01. The topological polar surface area (TPSA) is 67.4 Å². The number of benzene rings is 1. The molecule has 0 radical (unpaired) electrons. The fourth-order valence-corrected chi connectivity index (χ4v) is 1.63. The van der Waals surface area contributed by atoms with E-state index in [2.05, 4.69) is 17.6 Å². The maximum atomic E-state index is 11.6. The summed E-state index contributed by atoms with van der Waals surface area (Å²) in [6.45, 7) is 2.06. The molecule has 5 heteroatoms. The van der Waals surface area contributed by atoms with Crippen LogP contribution in [0, 0.1) is 0 Å². The van der Waals surface area contributed by atoms with Crippen LogP contribution < -0.4 is 15.4 Å². The summed E-state index contributed by atoms with van der Waals surface area (Å²) in [4.78, 5) is 23.1. The van der Waals surface area contributed by atoms with Crippen LogP contribution in [0.25, 0.3) is 0 Å². The molecule has 104 valence electrons. The highest BCUT2D eigenvalue weighted by atomic mass is 16.5. The van der Waals surface area contributed by atoms with Crippen LogP contribution in [0.2, 0.25) is 0 Å². The second-order valence-electron chi connectivity index (χ2n) is 4.16. The van der Waals surface area contributed by atoms with Gasteiger partial charge in [-0.3, -0.25) is 10.1 Å². The summed E-state index contributed by atoms with van der Waals surface area (Å²) in [5, 5.41) is 4.88. The number of unbranched alkanes of at least 4 members (excludes halogenated alkanes) is 2. The number of hydrogen-bond donors (Lipinski definition) is 2. The van der Waals surface area contributed by atoms with Gasteiger partial charge >= 0.3 is 6.03 Å². The van der Waals surface area contributed by atoms with E-state index in [9.17, 15) is 9.59 Å². The highest BCUT2D eigenvalue weighted by Crippen LogP contribution is 2.22. The third-order valence-electron chi connectivity index (χ3n) is 2.62. The lowest BCUT2D eigenvalue weighted by molar-refractivity contribution is -0.120. The SMILES string of the molecule is CCCCCC(=O)NC(=O)Nc1ccccc1OC. The van der Waals surface area contributed by atoms with E-state index in [1.165, 1.54) is 7.11 Å². The number of nitrogens with one attached hydrogen (secondary N) is 2. The molecule has 0 aliphatic carbocycles. The van der Waals surface area contributed by atoms with Gasteiger partial charge in [-0.15, -0.1) is 0 Å². The van der Waals surface area contributed by atoms with E-state index in [1.54, 1.807) is 24.3 Å². The maximum Gasteiger partial charge on any atom is 0.325 e. The molecule has 0 heterocycles. The number of imide groups is 1. The minimum absolute atomic E-state index is 0.263. The van der Waals surface area contributed by atoms with Crippen LogP contribution in [-0.4, -0.2) is 19.0 Å². The average molecular weight is 264 g/mol. The summed E-state index contributed by atoms with van der Waals surface area (Å²) in [5.74, 6) is 0.289. The van der Waals surface area contributed by atoms with Crippen molar-refractivity contribution in [1.82, 2.24) is 5.32 Å². The molecule has 0 saturated heterocycles. The zero-order valence-electron chi connectivity index (χ0n) is 11.4. The van der Waals surface area contributed by atoms with Gasteiger partial charge in [0.15, 0.2) is 0 Å². The molecule has 2 N–H and O–H groups in total. The van der Waals surface area contributed by atoms with Crippen LogP contribution in [0.15, 0.2) is 24.3 Å². The average Bonchev–Trinajstić information content (AvgIpc) is 2.39. The van der Waals surface area contributed by atoms with Crippen molar-refractivity contribution >= 4 is 17.6 Å². The van der Waals surface area contributed by atoms with Crippen molar-refractivity contribution in [2.75, 3.05) is 12.4 Å². The molecule has 0 spiro atoms. The van der Waals surface area contributed by atoms with Gasteiger partial charge in [0.1, 0.15) is 5.75 Å². The van der Waals surface area contributed by atoms with E-state index in [4.69, 9.17) is 4.74 Å². The van der Waals surface area contributed by atoms with E-state index in [0.29, 0.717) is 17.9 Å². The van der Waals surface area contributed by atoms with Gasteiger partial charge in [0.25, 0.3) is 0 Å². The molecule has 0 saturated carbocycles. The molecule has 0 bridgehead atoms. The summed E-state index contributed by atoms with van der Waals surface area (Å²) in [7, 11) is 1.52. The lowest BCUT2D eigenvalue weighted by Crippen LogP contribution is -2.34. The molecular weight excluding hydrogens is 244 g/mol. The quantitative estimate of drug-likeness (QED) is 0.776. The van der Waals surface area contributed by atoms with Gasteiger partial charge < -0.3 is 10.1 Å². The van der Waals surface area contributed by atoms with Crippen molar-refractivity contribution in [2.45, 2.75) is 32.6 Å². The molecule has 0 unspecified atom stereocenters. The second-order valence-corrected chi connectivity index (χ2v) is 4.16. The maximum absolute atomic E-state index is 11.6. The number of anilines is 1. The number of carbonyl (C=O) groups excluding carboxylic acids is 2. The van der Waals surface area contributed by atoms with Gasteiger partial charge in [-0.05, 0) is 18.6 Å². The van der Waals surface area contributed by atoms with Crippen LogP contribution >= 0.6 is 0 Å². The molecule has 1 aromatic carbocycles. The van der Waals surface area contributed by atoms with Gasteiger partial charge in [0, 0.05) is 6.42 Å². The van der Waals surface area contributed by atoms with E-state index in [-0.39, 0.29) is 5.91 Å². The minimum atomic E-state index is -0.536. The number of methoxy groups -OCH3 is 1. The Morgan fingerprint density at radius 2 is 1.95 bits per heavy atom. The molecule has 0 atom stereocenters. The number of rotatable bonds is 6. The van der Waals surface area contributed by atoms with Crippen molar-refractivity contribution < 1.29 is 14.3 Å². The number of hydrogen-bond acceptors (Lipinski definition) is 3. The zero-order valence-corrected chi connectivity index (χ0v) is 11.4. The molecule has 0 aliphatic rings. The van der Waals surface area contributed by atoms with Gasteiger partial charge in [-0.1, -0.05) is 31.9 Å². The Kier molecular flexibility index (Phi) is 6.43. The molecule has 5 nitrogen and oxygen atoms in total. The number of ether oxygens (including phenoxy) is 1. The van der Waals surface area contributed by atoms with Crippen LogP contribution in [0.4, 0.5) is 10.5 Å². The lowest BCUT2D eigenvalue weighted by Gasteiger charge is -2.10. The molecular formula is C14H20N2O3. The first-order valence-corrected chi connectivity index (χ1v) is 6.41. The summed E-state index contributed by atoms with van der Waals surface area (Å²) in [6.07, 6.45) is 3.19. The third kappa shape index (κ3) is 5.42. The highest BCUT2D eigenvalue weighted by Gasteiger charge is 2.09. The second kappa shape index (κ2) is 8.13. The van der Waals surface area contributed by atoms with Crippen molar-refractivity contribution in [1.29, 1.82) is 0 Å². The van der Waals surface area contributed by atoms with E-state index < -0.39 is 6.03 Å². The Morgan fingerprint density at radius 1 is 1.21 bits per heavy atom. The normalized spacial score (nSPS) is 9.79. The molecule has 0 aromatic heterocycles. The molecule has 1 rings (SSSR count). The van der Waals surface area contributed by atoms with Crippen LogP contribution in [0.3, 0.4) is 0 Å². The summed E-state index contributed by atoms with van der Waals surface area (Å²) in [6, 6.07) is 6.49. The number of carbonyl (C=O) groups is 2. The van der Waals surface area contributed by atoms with Gasteiger partial charge in [0.05, 0.1) is 12.8 Å². The van der Waals surface area contributed by atoms with Crippen molar-refractivity contribution in [2.24, 2.45) is 0 Å². The fraction of sp³-hybridized carbons (Fsp3) is 0.429. The van der Waals surface area contributed by atoms with E-state index >= 15 is 0 Å². The van der Waals surface area contributed by atoms with Crippen molar-refractivity contribution in [3.05, 3.63) is 24.3 Å². The zero-order chi connectivity index (χ0) is 14.1. The minimum Gasteiger partial charge on any atom is -0.495 e. The smallest absolute Gasteiger partial charge is 0.325 e. The molecule has 1 aromatic rings. The number of amides is 3. The van der Waals surface area contributed by atoms with Gasteiger partial charge in [-0.25, -0.2) is 4.79 Å². The van der Waals surface area contributed by atoms with Gasteiger partial charge in [-0.2, -0.15) is 0 Å². The Hall–Kier alpha value is -2.04. The Morgan fingerprint density at radius 3 is 2.63 bits per heavy atom. The Bertz CT molecular complexity index is 432. The third-order valence-corrected chi connectivity index (χ3v) is 2.62. The first-order chi connectivity index (χ1) is 9.17. The predicted molar refractivity (Wildman–Crippen MR) is 74.3 cm³/mol. The van der Waals surface area contributed by atoms with Crippen LogP contribution in [-0.2, 0) is 4.79 Å². The Labute approximate surface area is 113 Å². The standard InChI is InChI=1S/C14H20N2O3/c1-3-4-5-10-13(17)16-14(18)15-11-8-6-7-9-12(11)19-2/h6-9H,3-5,10H2,1-2H3,(H2,15,16,17,18). The summed E-state index contributed by atoms with van der Waals surface area (Å²) >= 11 is 0. The largest absolute Gasteiger partial charge is 0.495 e. The van der Waals surface area contributed by atoms with E-state index in [0.717, 1.165) is 19.3 Å². The summed E-state index contributed by atoms with van der Waals surface area (Å²) < 4.78 is 5.10. The molecule has 0 aliphatic heterocycles. The fourth-order valence-electron chi connectivity index (χ4n) is 1.63. The number of urea groups is 1. The monoisotopic (exact) mass is 264 g/mol. The molecule has 3 amide bonds. The molecule has 19 heavy (non-hydrogen) atoms. The van der Waals surface area contributed by atoms with Gasteiger partial charge in [0.2, 0.25) is 5.91 Å². The molecule has 0 fully saturated rings. The van der Waals surface area contributed by atoms with Crippen molar-refractivity contribution in [3.63, 3.8) is 0 Å². The first kappa shape index (κ1) is 15.0. The first-order valence-electron chi connectivity index (χ1n) is 6.41. The lowest BCUT2D eigenvalue weighted by atomic mass is 10.2. The van der Waals surface area contributed by atoms with Crippen LogP contribution in [0.5, 0.6) is 5.75 Å². The Balaban J connectivity index is 2.44. The van der Waals surface area contributed by atoms with Crippen molar-refractivity contribution in [3.8, 4) is 5.75 Å². The predicted octanol–water partition coefficient (Wildman–Crippen LogP) is 2.92.